The SMILES string of the molecule is CC[C@@H](CC[C@@H](C)[C@H]1CC[C@H]2[C@@H]3CCC4CC(O)CC[C@]4(C)[C@H]3CC[C@]12C)C(C)C. The molecule has 1 nitrogen and oxygen atoms in total. The Balaban J connectivity index is 1.45. The van der Waals surface area contributed by atoms with Gasteiger partial charge in [-0.2, -0.15) is 0 Å². The second-order valence-electron chi connectivity index (χ2n) is 13.3. The first-order valence-electron chi connectivity index (χ1n) is 13.9. The van der Waals surface area contributed by atoms with Crippen molar-refractivity contribution in [3.8, 4) is 0 Å². The van der Waals surface area contributed by atoms with E-state index >= 15 is 0 Å². The molecule has 0 heterocycles. The number of rotatable bonds is 6. The molecule has 0 amide bonds. The Kier molecular flexibility index (Phi) is 6.72. The molecule has 0 aromatic heterocycles. The van der Waals surface area contributed by atoms with E-state index in [9.17, 15) is 5.11 Å². The molecule has 0 saturated heterocycles. The van der Waals surface area contributed by atoms with E-state index in [1.54, 1.807) is 0 Å². The highest BCUT2D eigenvalue weighted by Crippen LogP contribution is 2.68. The van der Waals surface area contributed by atoms with Crippen LogP contribution < -0.4 is 0 Å². The van der Waals surface area contributed by atoms with Crippen molar-refractivity contribution in [3.05, 3.63) is 0 Å². The van der Waals surface area contributed by atoms with Crippen molar-refractivity contribution in [1.82, 2.24) is 0 Å². The van der Waals surface area contributed by atoms with E-state index < -0.39 is 0 Å². The molecule has 4 aliphatic carbocycles. The number of fused-ring (bicyclic) bond motifs is 5. The van der Waals surface area contributed by atoms with Crippen LogP contribution in [0.15, 0.2) is 0 Å². The number of aliphatic hydroxyl groups excluding tert-OH is 1. The average molecular weight is 417 g/mol. The highest BCUT2D eigenvalue weighted by molar-refractivity contribution is 5.09. The van der Waals surface area contributed by atoms with Crippen LogP contribution in [-0.4, -0.2) is 11.2 Å². The minimum atomic E-state index is -0.0111. The molecule has 0 aromatic carbocycles. The third kappa shape index (κ3) is 3.82. The van der Waals surface area contributed by atoms with E-state index in [0.717, 1.165) is 60.2 Å². The third-order valence-electron chi connectivity index (χ3n) is 11.9. The minimum absolute atomic E-state index is 0.0111. The fraction of sp³-hybridized carbons (Fsp3) is 1.00. The van der Waals surface area contributed by atoms with E-state index in [-0.39, 0.29) is 6.10 Å². The van der Waals surface area contributed by atoms with Crippen LogP contribution in [0.2, 0.25) is 0 Å². The van der Waals surface area contributed by atoms with Crippen LogP contribution in [0.4, 0.5) is 0 Å². The molecule has 2 unspecified atom stereocenters. The first-order valence-corrected chi connectivity index (χ1v) is 13.9. The summed E-state index contributed by atoms with van der Waals surface area (Å²) in [5.74, 6) is 7.34. The van der Waals surface area contributed by atoms with Gasteiger partial charge >= 0.3 is 0 Å². The standard InChI is InChI=1S/C29H52O/c1-7-21(19(2)3)9-8-20(4)25-12-13-26-24-11-10-22-18-23(30)14-16-28(22,5)27(24)15-17-29(25,26)6/h19-27,30H,7-18H2,1-6H3/t20-,21+,22?,23?,24+,25-,26+,27+,28+,29-/m1/s1. The van der Waals surface area contributed by atoms with Crippen LogP contribution in [0.5, 0.6) is 0 Å². The summed E-state index contributed by atoms with van der Waals surface area (Å²) >= 11 is 0. The Bertz CT molecular complexity index is 583. The first kappa shape index (κ1) is 23.1. The normalized spacial score (nSPS) is 48.0. The summed E-state index contributed by atoms with van der Waals surface area (Å²) in [7, 11) is 0. The Morgan fingerprint density at radius 2 is 1.53 bits per heavy atom. The molecule has 174 valence electrons. The summed E-state index contributed by atoms with van der Waals surface area (Å²) in [5.41, 5.74) is 1.14. The van der Waals surface area contributed by atoms with Crippen LogP contribution in [0.1, 0.15) is 119 Å². The topological polar surface area (TPSA) is 20.2 Å². The second kappa shape index (κ2) is 8.72. The minimum Gasteiger partial charge on any atom is -0.393 e. The maximum Gasteiger partial charge on any atom is 0.0543 e. The van der Waals surface area contributed by atoms with Crippen molar-refractivity contribution < 1.29 is 5.11 Å². The molecule has 4 saturated carbocycles. The van der Waals surface area contributed by atoms with Gasteiger partial charge in [0.05, 0.1) is 6.10 Å². The zero-order chi connectivity index (χ0) is 21.7. The Morgan fingerprint density at radius 3 is 2.23 bits per heavy atom. The van der Waals surface area contributed by atoms with Gasteiger partial charge in [-0.05, 0) is 122 Å². The van der Waals surface area contributed by atoms with E-state index in [1.165, 1.54) is 64.2 Å². The number of hydrogen-bond donors (Lipinski definition) is 1. The molecule has 4 fully saturated rings. The van der Waals surface area contributed by atoms with Gasteiger partial charge in [-0.25, -0.2) is 0 Å². The summed E-state index contributed by atoms with van der Waals surface area (Å²) in [6, 6.07) is 0. The summed E-state index contributed by atoms with van der Waals surface area (Å²) in [6.45, 7) is 15.2. The van der Waals surface area contributed by atoms with Crippen molar-refractivity contribution in [2.24, 2.45) is 58.2 Å². The molecular weight excluding hydrogens is 364 g/mol. The largest absolute Gasteiger partial charge is 0.393 e. The van der Waals surface area contributed by atoms with Gasteiger partial charge in [0.1, 0.15) is 0 Å². The van der Waals surface area contributed by atoms with Gasteiger partial charge in [-0.1, -0.05) is 54.4 Å². The second-order valence-corrected chi connectivity index (χ2v) is 13.3. The third-order valence-corrected chi connectivity index (χ3v) is 11.9. The van der Waals surface area contributed by atoms with Crippen molar-refractivity contribution >= 4 is 0 Å². The summed E-state index contributed by atoms with van der Waals surface area (Å²) < 4.78 is 0. The lowest BCUT2D eigenvalue weighted by atomic mass is 9.44. The van der Waals surface area contributed by atoms with E-state index in [0.29, 0.717) is 10.8 Å². The van der Waals surface area contributed by atoms with Crippen LogP contribution >= 0.6 is 0 Å². The predicted octanol–water partition coefficient (Wildman–Crippen LogP) is 8.10. The van der Waals surface area contributed by atoms with Crippen LogP contribution in [0.3, 0.4) is 0 Å². The zero-order valence-electron chi connectivity index (χ0n) is 21.1. The molecule has 1 heteroatoms. The maximum atomic E-state index is 10.3. The fourth-order valence-electron chi connectivity index (χ4n) is 9.90. The van der Waals surface area contributed by atoms with Crippen LogP contribution in [0.25, 0.3) is 0 Å². The van der Waals surface area contributed by atoms with E-state index in [1.807, 2.05) is 0 Å². The van der Waals surface area contributed by atoms with E-state index in [2.05, 4.69) is 41.5 Å². The maximum absolute atomic E-state index is 10.3. The van der Waals surface area contributed by atoms with Crippen molar-refractivity contribution in [2.75, 3.05) is 0 Å². The molecule has 0 bridgehead atoms. The molecule has 4 aliphatic rings. The van der Waals surface area contributed by atoms with Gasteiger partial charge < -0.3 is 5.11 Å². The molecule has 0 aliphatic heterocycles. The first-order chi connectivity index (χ1) is 14.2. The molecular formula is C29H52O. The predicted molar refractivity (Wildman–Crippen MR) is 128 cm³/mol. The van der Waals surface area contributed by atoms with Crippen molar-refractivity contribution in [2.45, 2.75) is 125 Å². The molecule has 30 heavy (non-hydrogen) atoms. The molecule has 1 N–H and O–H groups in total. The lowest BCUT2D eigenvalue weighted by Crippen LogP contribution is -2.54. The Labute approximate surface area is 188 Å². The summed E-state index contributed by atoms with van der Waals surface area (Å²) in [4.78, 5) is 0. The molecule has 0 radical (unpaired) electrons. The smallest absolute Gasteiger partial charge is 0.0543 e. The van der Waals surface area contributed by atoms with Gasteiger partial charge in [-0.15, -0.1) is 0 Å². The molecule has 0 spiro atoms. The van der Waals surface area contributed by atoms with Crippen molar-refractivity contribution in [1.29, 1.82) is 0 Å². The van der Waals surface area contributed by atoms with Gasteiger partial charge in [0.25, 0.3) is 0 Å². The highest BCUT2D eigenvalue weighted by Gasteiger charge is 2.60. The molecule has 0 aromatic rings. The van der Waals surface area contributed by atoms with Crippen molar-refractivity contribution in [3.63, 3.8) is 0 Å². The summed E-state index contributed by atoms with van der Waals surface area (Å²) in [6.07, 6.45) is 16.5. The van der Waals surface area contributed by atoms with Gasteiger partial charge in [0, 0.05) is 0 Å². The summed E-state index contributed by atoms with van der Waals surface area (Å²) in [5, 5.41) is 10.3. The molecule has 4 rings (SSSR count). The highest BCUT2D eigenvalue weighted by atomic mass is 16.3. The van der Waals surface area contributed by atoms with E-state index in [4.69, 9.17) is 0 Å². The van der Waals surface area contributed by atoms with Crippen LogP contribution in [0, 0.1) is 58.2 Å². The average Bonchev–Trinajstić information content (AvgIpc) is 3.06. The Hall–Kier alpha value is -0.0400. The van der Waals surface area contributed by atoms with Gasteiger partial charge in [0.2, 0.25) is 0 Å². The quantitative estimate of drug-likeness (QED) is 0.463. The Morgan fingerprint density at radius 1 is 0.833 bits per heavy atom. The number of aliphatic hydroxyl groups is 1. The zero-order valence-corrected chi connectivity index (χ0v) is 21.1. The molecule has 10 atom stereocenters. The lowest BCUT2D eigenvalue weighted by Gasteiger charge is -2.61. The van der Waals surface area contributed by atoms with Gasteiger partial charge in [0.15, 0.2) is 0 Å². The van der Waals surface area contributed by atoms with Crippen LogP contribution in [-0.2, 0) is 0 Å². The fourth-order valence-corrected chi connectivity index (χ4v) is 9.90. The monoisotopic (exact) mass is 416 g/mol. The van der Waals surface area contributed by atoms with Gasteiger partial charge in [-0.3, -0.25) is 0 Å². The lowest BCUT2D eigenvalue weighted by molar-refractivity contribution is -0.129. The number of hydrogen-bond acceptors (Lipinski definition) is 1.